The van der Waals surface area contributed by atoms with Crippen molar-refractivity contribution in [2.45, 2.75) is 48.1 Å². The van der Waals surface area contributed by atoms with Crippen molar-refractivity contribution in [2.75, 3.05) is 20.1 Å². The molecular weight excluding hydrogens is 236 g/mol. The zero-order valence-electron chi connectivity index (χ0n) is 13.5. The van der Waals surface area contributed by atoms with Gasteiger partial charge in [-0.2, -0.15) is 0 Å². The lowest BCUT2D eigenvalue weighted by Crippen LogP contribution is -2.33. The fourth-order valence-electron chi connectivity index (χ4n) is 2.77. The topological polar surface area (TPSA) is 25.2 Å². The highest BCUT2D eigenvalue weighted by molar-refractivity contribution is 5.99. The van der Waals surface area contributed by atoms with Crippen LogP contribution in [-0.2, 0) is 6.54 Å². The van der Waals surface area contributed by atoms with E-state index in [-0.39, 0.29) is 11.2 Å². The molecule has 3 heteroatoms. The molecule has 0 radical (unpaired) electrons. The van der Waals surface area contributed by atoms with Crippen molar-refractivity contribution in [3.8, 4) is 0 Å². The van der Waals surface area contributed by atoms with Crippen molar-refractivity contribution < 1.29 is 4.79 Å². The number of aryl methyl sites for hydroxylation is 1. The summed E-state index contributed by atoms with van der Waals surface area (Å²) in [7, 11) is 2.02. The highest BCUT2D eigenvalue weighted by atomic mass is 16.1. The van der Waals surface area contributed by atoms with Crippen LogP contribution in [0.2, 0.25) is 0 Å². The second-order valence-electron chi connectivity index (χ2n) is 6.69. The Morgan fingerprint density at radius 2 is 1.89 bits per heavy atom. The number of hydrogen-bond acceptors (Lipinski definition) is 2. The van der Waals surface area contributed by atoms with Crippen LogP contribution in [0.15, 0.2) is 6.07 Å². The SMILES string of the molecule is CCn1c(C)cc(C(=O)CN(C)CC(C)(C)C)c1C. The monoisotopic (exact) mass is 264 g/mol. The number of nitrogens with zero attached hydrogens (tertiary/aromatic N) is 2. The molecule has 0 aromatic carbocycles. The summed E-state index contributed by atoms with van der Waals surface area (Å²) in [4.78, 5) is 14.5. The molecule has 0 bridgehead atoms. The van der Waals surface area contributed by atoms with Gasteiger partial charge in [-0.05, 0) is 39.3 Å². The standard InChI is InChI=1S/C16H28N2O/c1-8-18-12(2)9-14(13(18)3)15(19)10-17(7)11-16(4,5)6/h9H,8,10-11H2,1-7H3. The van der Waals surface area contributed by atoms with Gasteiger partial charge in [0.1, 0.15) is 0 Å². The summed E-state index contributed by atoms with van der Waals surface area (Å²) < 4.78 is 2.19. The Labute approximate surface area is 117 Å². The normalized spacial score (nSPS) is 12.2. The highest BCUT2D eigenvalue weighted by Gasteiger charge is 2.19. The van der Waals surface area contributed by atoms with Gasteiger partial charge < -0.3 is 4.57 Å². The van der Waals surface area contributed by atoms with E-state index in [0.717, 1.165) is 24.3 Å². The molecule has 0 unspecified atom stereocenters. The first-order valence-corrected chi connectivity index (χ1v) is 7.04. The molecule has 19 heavy (non-hydrogen) atoms. The largest absolute Gasteiger partial charge is 0.349 e. The summed E-state index contributed by atoms with van der Waals surface area (Å²) in [6.45, 7) is 15.1. The first kappa shape index (κ1) is 16.0. The number of Topliss-reactive ketones (excluding diaryl/α,β-unsaturated/α-hetero) is 1. The molecule has 0 atom stereocenters. The highest BCUT2D eigenvalue weighted by Crippen LogP contribution is 2.18. The van der Waals surface area contributed by atoms with Crippen LogP contribution < -0.4 is 0 Å². The number of hydrogen-bond donors (Lipinski definition) is 0. The van der Waals surface area contributed by atoms with Crippen molar-refractivity contribution in [1.29, 1.82) is 0 Å². The quantitative estimate of drug-likeness (QED) is 0.763. The number of aromatic nitrogens is 1. The molecule has 0 fully saturated rings. The van der Waals surface area contributed by atoms with E-state index in [0.29, 0.717) is 6.54 Å². The van der Waals surface area contributed by atoms with Crippen LogP contribution >= 0.6 is 0 Å². The third-order valence-corrected chi connectivity index (χ3v) is 3.35. The molecule has 1 rings (SSSR count). The van der Waals surface area contributed by atoms with Crippen molar-refractivity contribution in [2.24, 2.45) is 5.41 Å². The Hall–Kier alpha value is -1.09. The lowest BCUT2D eigenvalue weighted by Gasteiger charge is -2.25. The number of carbonyl (C=O) groups excluding carboxylic acids is 1. The zero-order valence-corrected chi connectivity index (χ0v) is 13.5. The van der Waals surface area contributed by atoms with Gasteiger partial charge in [0.15, 0.2) is 5.78 Å². The molecule has 0 N–H and O–H groups in total. The Bertz CT molecular complexity index is 452. The Kier molecular flexibility index (Phi) is 4.97. The molecule has 0 saturated carbocycles. The molecule has 0 spiro atoms. The molecule has 1 aromatic heterocycles. The molecule has 108 valence electrons. The lowest BCUT2D eigenvalue weighted by molar-refractivity contribution is 0.0926. The van der Waals surface area contributed by atoms with E-state index in [1.54, 1.807) is 0 Å². The van der Waals surface area contributed by atoms with Crippen LogP contribution in [0.3, 0.4) is 0 Å². The summed E-state index contributed by atoms with van der Waals surface area (Å²) in [6, 6.07) is 2.02. The third-order valence-electron chi connectivity index (χ3n) is 3.35. The zero-order chi connectivity index (χ0) is 14.8. The molecule has 0 aliphatic carbocycles. The Morgan fingerprint density at radius 3 is 2.32 bits per heavy atom. The summed E-state index contributed by atoms with van der Waals surface area (Å²) in [5.74, 6) is 0.222. The van der Waals surface area contributed by atoms with Crippen LogP contribution in [0.5, 0.6) is 0 Å². The molecule has 3 nitrogen and oxygen atoms in total. The van der Waals surface area contributed by atoms with Gasteiger partial charge in [0.25, 0.3) is 0 Å². The molecule has 1 heterocycles. The van der Waals surface area contributed by atoms with Gasteiger partial charge in [0, 0.05) is 30.0 Å². The van der Waals surface area contributed by atoms with Gasteiger partial charge in [-0.1, -0.05) is 20.8 Å². The average molecular weight is 264 g/mol. The summed E-state index contributed by atoms with van der Waals surface area (Å²) in [6.07, 6.45) is 0. The first-order chi connectivity index (χ1) is 8.65. The Morgan fingerprint density at radius 1 is 1.32 bits per heavy atom. The molecule has 0 aliphatic rings. The van der Waals surface area contributed by atoms with E-state index in [2.05, 4.69) is 44.1 Å². The first-order valence-electron chi connectivity index (χ1n) is 7.04. The third kappa shape index (κ3) is 4.20. The van der Waals surface area contributed by atoms with Gasteiger partial charge in [-0.3, -0.25) is 9.69 Å². The van der Waals surface area contributed by atoms with Crippen molar-refractivity contribution in [1.82, 2.24) is 9.47 Å². The predicted octanol–water partition coefficient (Wildman–Crippen LogP) is 3.29. The molecule has 0 amide bonds. The fraction of sp³-hybridized carbons (Fsp3) is 0.688. The smallest absolute Gasteiger partial charge is 0.178 e. The average Bonchev–Trinajstić information content (AvgIpc) is 2.50. The molecular formula is C16H28N2O. The van der Waals surface area contributed by atoms with E-state index >= 15 is 0 Å². The maximum Gasteiger partial charge on any atom is 0.178 e. The minimum Gasteiger partial charge on any atom is -0.349 e. The second kappa shape index (κ2) is 5.91. The van der Waals surface area contributed by atoms with Crippen molar-refractivity contribution >= 4 is 5.78 Å². The van der Waals surface area contributed by atoms with E-state index in [1.165, 1.54) is 5.69 Å². The van der Waals surface area contributed by atoms with Crippen LogP contribution in [0.25, 0.3) is 0 Å². The van der Waals surface area contributed by atoms with Gasteiger partial charge in [-0.25, -0.2) is 0 Å². The number of carbonyl (C=O) groups is 1. The molecule has 1 aromatic rings. The number of ketones is 1. The minimum atomic E-state index is 0.218. The maximum absolute atomic E-state index is 12.4. The van der Waals surface area contributed by atoms with Crippen LogP contribution in [0.4, 0.5) is 0 Å². The van der Waals surface area contributed by atoms with Crippen molar-refractivity contribution in [3.05, 3.63) is 23.0 Å². The van der Waals surface area contributed by atoms with Crippen LogP contribution in [0.1, 0.15) is 49.4 Å². The lowest BCUT2D eigenvalue weighted by atomic mass is 9.96. The number of rotatable bonds is 5. The van der Waals surface area contributed by atoms with Gasteiger partial charge in [-0.15, -0.1) is 0 Å². The van der Waals surface area contributed by atoms with Crippen molar-refractivity contribution in [3.63, 3.8) is 0 Å². The van der Waals surface area contributed by atoms with Gasteiger partial charge in [0.2, 0.25) is 0 Å². The maximum atomic E-state index is 12.4. The number of likely N-dealkylation sites (N-methyl/N-ethyl adjacent to an activating group) is 1. The summed E-state index contributed by atoms with van der Waals surface area (Å²) in [5, 5.41) is 0. The second-order valence-corrected chi connectivity index (χ2v) is 6.69. The van der Waals surface area contributed by atoms with Gasteiger partial charge >= 0.3 is 0 Å². The fourth-order valence-corrected chi connectivity index (χ4v) is 2.77. The van der Waals surface area contributed by atoms with Crippen LogP contribution in [-0.4, -0.2) is 35.4 Å². The molecule has 0 saturated heterocycles. The molecule has 0 aliphatic heterocycles. The van der Waals surface area contributed by atoms with E-state index < -0.39 is 0 Å². The van der Waals surface area contributed by atoms with Gasteiger partial charge in [0.05, 0.1) is 6.54 Å². The summed E-state index contributed by atoms with van der Waals surface area (Å²) in [5.41, 5.74) is 3.35. The minimum absolute atomic E-state index is 0.218. The van der Waals surface area contributed by atoms with E-state index in [1.807, 2.05) is 20.0 Å². The predicted molar refractivity (Wildman–Crippen MR) is 80.9 cm³/mol. The van der Waals surface area contributed by atoms with Crippen LogP contribution in [0, 0.1) is 19.3 Å². The van der Waals surface area contributed by atoms with E-state index in [4.69, 9.17) is 0 Å². The Balaban J connectivity index is 2.79. The van der Waals surface area contributed by atoms with E-state index in [9.17, 15) is 4.79 Å². The summed E-state index contributed by atoms with van der Waals surface area (Å²) >= 11 is 0.